The van der Waals surface area contributed by atoms with Gasteiger partial charge in [0.05, 0.1) is 25.3 Å². The minimum absolute atomic E-state index is 0.0594. The van der Waals surface area contributed by atoms with Gasteiger partial charge in [-0.2, -0.15) is 5.26 Å². The fourth-order valence-electron chi connectivity index (χ4n) is 1.14. The zero-order chi connectivity index (χ0) is 8.81. The van der Waals surface area contributed by atoms with Crippen LogP contribution in [0.25, 0.3) is 0 Å². The molecule has 12 heavy (non-hydrogen) atoms. The highest BCUT2D eigenvalue weighted by molar-refractivity contribution is 4.85. The van der Waals surface area contributed by atoms with Gasteiger partial charge in [-0.15, -0.1) is 0 Å². The van der Waals surface area contributed by atoms with Gasteiger partial charge in [0.15, 0.2) is 6.29 Å². The lowest BCUT2D eigenvalue weighted by Gasteiger charge is -2.08. The van der Waals surface area contributed by atoms with E-state index in [-0.39, 0.29) is 12.3 Å². The first kappa shape index (κ1) is 9.46. The molecule has 0 aromatic rings. The first-order valence-corrected chi connectivity index (χ1v) is 4.21. The maximum Gasteiger partial charge on any atom is 0.157 e. The molecule has 1 atom stereocenters. The second-order valence-electron chi connectivity index (χ2n) is 2.84. The van der Waals surface area contributed by atoms with Crippen LogP contribution in [0.15, 0.2) is 0 Å². The fraction of sp³-hybridized carbons (Fsp3) is 0.875. The number of nitrogens with two attached hydrogens (primary N) is 1. The predicted molar refractivity (Wildman–Crippen MR) is 43.1 cm³/mol. The third-order valence-electron chi connectivity index (χ3n) is 1.81. The van der Waals surface area contributed by atoms with E-state index in [1.807, 2.05) is 6.07 Å². The van der Waals surface area contributed by atoms with Gasteiger partial charge in [0.2, 0.25) is 0 Å². The molecule has 0 aliphatic carbocycles. The monoisotopic (exact) mass is 170 g/mol. The van der Waals surface area contributed by atoms with Crippen molar-refractivity contribution in [3.05, 3.63) is 0 Å². The van der Waals surface area contributed by atoms with Gasteiger partial charge in [-0.25, -0.2) is 0 Å². The SMILES string of the molecule is N#CC(N)CCCC1OCCO1. The lowest BCUT2D eigenvalue weighted by Crippen LogP contribution is -2.18. The van der Waals surface area contributed by atoms with Crippen LogP contribution >= 0.6 is 0 Å². The Morgan fingerprint density at radius 3 is 2.75 bits per heavy atom. The summed E-state index contributed by atoms with van der Waals surface area (Å²) in [5, 5.41) is 8.39. The number of nitriles is 1. The smallest absolute Gasteiger partial charge is 0.157 e. The molecule has 1 rings (SSSR count). The maximum absolute atomic E-state index is 8.39. The molecule has 0 bridgehead atoms. The van der Waals surface area contributed by atoms with E-state index in [9.17, 15) is 0 Å². The van der Waals surface area contributed by atoms with Crippen LogP contribution in [0.1, 0.15) is 19.3 Å². The summed E-state index contributed by atoms with van der Waals surface area (Å²) in [6, 6.07) is 1.65. The second-order valence-corrected chi connectivity index (χ2v) is 2.84. The molecular formula is C8H14N2O2. The second kappa shape index (κ2) is 5.09. The van der Waals surface area contributed by atoms with E-state index in [4.69, 9.17) is 20.5 Å². The van der Waals surface area contributed by atoms with Crippen LogP contribution in [0.5, 0.6) is 0 Å². The molecule has 4 heteroatoms. The summed E-state index contributed by atoms with van der Waals surface area (Å²) in [4.78, 5) is 0. The highest BCUT2D eigenvalue weighted by atomic mass is 16.7. The average molecular weight is 170 g/mol. The van der Waals surface area contributed by atoms with E-state index in [0.717, 1.165) is 19.3 Å². The van der Waals surface area contributed by atoms with Gasteiger partial charge in [-0.3, -0.25) is 0 Å². The van der Waals surface area contributed by atoms with Crippen molar-refractivity contribution in [3.8, 4) is 6.07 Å². The zero-order valence-electron chi connectivity index (χ0n) is 7.03. The van der Waals surface area contributed by atoms with Gasteiger partial charge in [0.25, 0.3) is 0 Å². The summed E-state index contributed by atoms with van der Waals surface area (Å²) in [5.74, 6) is 0. The van der Waals surface area contributed by atoms with E-state index >= 15 is 0 Å². The molecule has 1 heterocycles. The third-order valence-corrected chi connectivity index (χ3v) is 1.81. The van der Waals surface area contributed by atoms with Crippen LogP contribution in [0.2, 0.25) is 0 Å². The first-order chi connectivity index (χ1) is 5.83. The summed E-state index contributed by atoms with van der Waals surface area (Å²) in [5.41, 5.74) is 5.41. The predicted octanol–water partition coefficient (Wildman–Crippen LogP) is 0.380. The number of rotatable bonds is 4. The normalized spacial score (nSPS) is 20.7. The molecule has 4 nitrogen and oxygen atoms in total. The van der Waals surface area contributed by atoms with Crippen LogP contribution in [0.3, 0.4) is 0 Å². The molecule has 0 amide bonds. The van der Waals surface area contributed by atoms with Crippen LogP contribution in [0.4, 0.5) is 0 Å². The molecule has 2 N–H and O–H groups in total. The molecule has 1 aliphatic rings. The van der Waals surface area contributed by atoms with Crippen molar-refractivity contribution in [2.75, 3.05) is 13.2 Å². The summed E-state index contributed by atoms with van der Waals surface area (Å²) in [6.45, 7) is 1.38. The Morgan fingerprint density at radius 1 is 1.50 bits per heavy atom. The molecule has 0 saturated carbocycles. The lowest BCUT2D eigenvalue weighted by molar-refractivity contribution is -0.0479. The van der Waals surface area contributed by atoms with Crippen LogP contribution in [-0.2, 0) is 9.47 Å². The van der Waals surface area contributed by atoms with Crippen molar-refractivity contribution >= 4 is 0 Å². The van der Waals surface area contributed by atoms with E-state index < -0.39 is 0 Å². The molecule has 1 fully saturated rings. The molecule has 1 saturated heterocycles. The van der Waals surface area contributed by atoms with E-state index in [2.05, 4.69) is 0 Å². The first-order valence-electron chi connectivity index (χ1n) is 4.21. The summed E-state index contributed by atoms with van der Waals surface area (Å²) in [6.07, 6.45) is 2.39. The van der Waals surface area contributed by atoms with Crippen LogP contribution in [0, 0.1) is 11.3 Å². The van der Waals surface area contributed by atoms with Gasteiger partial charge >= 0.3 is 0 Å². The molecule has 0 aromatic carbocycles. The molecule has 68 valence electrons. The van der Waals surface area contributed by atoms with E-state index in [1.54, 1.807) is 0 Å². The highest BCUT2D eigenvalue weighted by Crippen LogP contribution is 2.11. The van der Waals surface area contributed by atoms with Crippen molar-refractivity contribution in [3.63, 3.8) is 0 Å². The Hall–Kier alpha value is -0.630. The largest absolute Gasteiger partial charge is 0.350 e. The van der Waals surface area contributed by atoms with Gasteiger partial charge in [0.1, 0.15) is 0 Å². The Kier molecular flexibility index (Phi) is 4.01. The van der Waals surface area contributed by atoms with Crippen LogP contribution < -0.4 is 5.73 Å². The molecule has 0 radical (unpaired) electrons. The van der Waals surface area contributed by atoms with Gasteiger partial charge in [-0.05, 0) is 19.3 Å². The van der Waals surface area contributed by atoms with Gasteiger partial charge < -0.3 is 15.2 Å². The van der Waals surface area contributed by atoms with Crippen molar-refractivity contribution in [2.24, 2.45) is 5.73 Å². The minimum atomic E-state index is -0.341. The molecule has 1 aliphatic heterocycles. The van der Waals surface area contributed by atoms with Crippen molar-refractivity contribution in [1.82, 2.24) is 0 Å². The van der Waals surface area contributed by atoms with Crippen molar-refractivity contribution in [2.45, 2.75) is 31.6 Å². The van der Waals surface area contributed by atoms with Crippen molar-refractivity contribution in [1.29, 1.82) is 5.26 Å². The molecule has 0 aromatic heterocycles. The average Bonchev–Trinajstić information content (AvgIpc) is 2.57. The molecular weight excluding hydrogens is 156 g/mol. The number of ether oxygens (including phenoxy) is 2. The third kappa shape index (κ3) is 3.18. The fourth-order valence-corrected chi connectivity index (χ4v) is 1.14. The Labute approximate surface area is 72.2 Å². The topological polar surface area (TPSA) is 68.3 Å². The summed E-state index contributed by atoms with van der Waals surface area (Å²) >= 11 is 0. The standard InChI is InChI=1S/C8H14N2O2/c9-6-7(10)2-1-3-8-11-4-5-12-8/h7-8H,1-5,10H2. The summed E-state index contributed by atoms with van der Waals surface area (Å²) < 4.78 is 10.4. The number of hydrogen-bond donors (Lipinski definition) is 1. The van der Waals surface area contributed by atoms with Gasteiger partial charge in [-0.1, -0.05) is 0 Å². The van der Waals surface area contributed by atoms with E-state index in [0.29, 0.717) is 13.2 Å². The van der Waals surface area contributed by atoms with Gasteiger partial charge in [0, 0.05) is 0 Å². The number of hydrogen-bond acceptors (Lipinski definition) is 4. The van der Waals surface area contributed by atoms with Crippen LogP contribution in [-0.4, -0.2) is 25.5 Å². The molecule has 0 spiro atoms. The minimum Gasteiger partial charge on any atom is -0.350 e. The Bertz CT molecular complexity index is 161. The quantitative estimate of drug-likeness (QED) is 0.662. The zero-order valence-corrected chi connectivity index (χ0v) is 7.03. The van der Waals surface area contributed by atoms with E-state index in [1.165, 1.54) is 0 Å². The highest BCUT2D eigenvalue weighted by Gasteiger charge is 2.15. The summed E-state index contributed by atoms with van der Waals surface area (Å²) in [7, 11) is 0. The Balaban J connectivity index is 1.98. The lowest BCUT2D eigenvalue weighted by atomic mass is 10.1. The molecule has 1 unspecified atom stereocenters. The number of nitrogens with zero attached hydrogens (tertiary/aromatic N) is 1. The maximum atomic E-state index is 8.39. The van der Waals surface area contributed by atoms with Crippen molar-refractivity contribution < 1.29 is 9.47 Å². The Morgan fingerprint density at radius 2 is 2.17 bits per heavy atom.